The molecule has 0 spiro atoms. The highest BCUT2D eigenvalue weighted by Gasteiger charge is 2.31. The minimum Gasteiger partial charge on any atom is -0.368 e. The van der Waals surface area contributed by atoms with Gasteiger partial charge >= 0.3 is 0 Å². The van der Waals surface area contributed by atoms with Crippen LogP contribution in [0.3, 0.4) is 0 Å². The zero-order chi connectivity index (χ0) is 23.1. The number of aromatic amines is 1. The van der Waals surface area contributed by atoms with Gasteiger partial charge in [0.05, 0.1) is 24.0 Å². The molecule has 0 unspecified atom stereocenters. The third-order valence-corrected chi connectivity index (χ3v) is 6.96. The number of para-hydroxylation sites is 1. The van der Waals surface area contributed by atoms with Crippen LogP contribution in [0.1, 0.15) is 24.3 Å². The first-order valence-electron chi connectivity index (χ1n) is 11.8. The number of nitrogens with one attached hydrogen (secondary N) is 1. The molecule has 1 aliphatic heterocycles. The van der Waals surface area contributed by atoms with Gasteiger partial charge in [0.15, 0.2) is 5.69 Å². The fourth-order valence-electron chi connectivity index (χ4n) is 5.07. The lowest BCUT2D eigenvalue weighted by Gasteiger charge is -2.38. The molecular weight excluding hydrogens is 422 g/mol. The fourth-order valence-corrected chi connectivity index (χ4v) is 5.07. The van der Waals surface area contributed by atoms with E-state index in [4.69, 9.17) is 11.6 Å². The molecule has 0 bridgehead atoms. The largest absolute Gasteiger partial charge is 0.368 e. The summed E-state index contributed by atoms with van der Waals surface area (Å²) < 4.78 is 0. The van der Waals surface area contributed by atoms with Crippen molar-refractivity contribution in [2.45, 2.75) is 18.8 Å². The number of benzene rings is 2. The van der Waals surface area contributed by atoms with E-state index < -0.39 is 0 Å². The minimum absolute atomic E-state index is 0.0609. The van der Waals surface area contributed by atoms with E-state index in [9.17, 15) is 4.79 Å². The Hall–Kier alpha value is -4.11. The van der Waals surface area contributed by atoms with E-state index >= 15 is 0 Å². The SMILES string of the molecule is [C-]#[N+]c1ccc(-c2cccc3c(C4CC4)c(N4CCN(c5cc[nH]c(=O)c5)CC4)cnc23)cc1. The second-order valence-electron chi connectivity index (χ2n) is 9.08. The lowest BCUT2D eigenvalue weighted by Crippen LogP contribution is -2.47. The molecule has 3 heterocycles. The zero-order valence-electron chi connectivity index (χ0n) is 18.9. The Bertz CT molecular complexity index is 1460. The van der Waals surface area contributed by atoms with E-state index in [0.717, 1.165) is 48.5 Å². The molecule has 1 saturated carbocycles. The summed E-state index contributed by atoms with van der Waals surface area (Å²) in [5, 5.41) is 1.24. The van der Waals surface area contributed by atoms with Crippen LogP contribution in [0.25, 0.3) is 26.9 Å². The van der Waals surface area contributed by atoms with Crippen LogP contribution in [0, 0.1) is 6.57 Å². The Labute approximate surface area is 198 Å². The molecule has 0 radical (unpaired) electrons. The molecule has 168 valence electrons. The van der Waals surface area contributed by atoms with Gasteiger partial charge in [0, 0.05) is 55.1 Å². The molecular formula is C28H25N5O. The van der Waals surface area contributed by atoms with Crippen LogP contribution >= 0.6 is 0 Å². The molecule has 6 rings (SSSR count). The molecule has 6 nitrogen and oxygen atoms in total. The molecule has 2 fully saturated rings. The molecule has 2 aromatic carbocycles. The van der Waals surface area contributed by atoms with Crippen LogP contribution in [0.4, 0.5) is 17.1 Å². The number of anilines is 2. The van der Waals surface area contributed by atoms with Crippen LogP contribution in [-0.2, 0) is 0 Å². The highest BCUT2D eigenvalue weighted by atomic mass is 16.1. The standard InChI is InChI=1S/C28H25N5O/c1-29-21-9-7-19(8-10-21)23-3-2-4-24-27(20-5-6-20)25(18-31-28(23)24)33-15-13-32(14-16-33)22-11-12-30-26(34)17-22/h2-4,7-12,17-18,20H,5-6,13-16H2,(H,30,34). The average molecular weight is 448 g/mol. The van der Waals surface area contributed by atoms with Gasteiger partial charge in [-0.2, -0.15) is 0 Å². The van der Waals surface area contributed by atoms with Crippen LogP contribution in [0.15, 0.2) is 71.8 Å². The molecule has 6 heteroatoms. The molecule has 1 aliphatic carbocycles. The summed E-state index contributed by atoms with van der Waals surface area (Å²) >= 11 is 0. The predicted molar refractivity (Wildman–Crippen MR) is 137 cm³/mol. The van der Waals surface area contributed by atoms with Crippen molar-refractivity contribution in [3.63, 3.8) is 0 Å². The fraction of sp³-hybridized carbons (Fsp3) is 0.250. The van der Waals surface area contributed by atoms with E-state index in [0.29, 0.717) is 11.6 Å². The molecule has 1 saturated heterocycles. The third kappa shape index (κ3) is 3.69. The predicted octanol–water partition coefficient (Wildman–Crippen LogP) is 5.34. The van der Waals surface area contributed by atoms with Gasteiger partial charge in [0.1, 0.15) is 0 Å². The average Bonchev–Trinajstić information content (AvgIpc) is 3.73. The first-order chi connectivity index (χ1) is 16.7. The summed E-state index contributed by atoms with van der Waals surface area (Å²) in [7, 11) is 0. The first kappa shape index (κ1) is 20.5. The summed E-state index contributed by atoms with van der Waals surface area (Å²) in [5.41, 5.74) is 7.48. The van der Waals surface area contributed by atoms with Crippen molar-refractivity contribution in [1.29, 1.82) is 0 Å². The van der Waals surface area contributed by atoms with Gasteiger partial charge in [0.2, 0.25) is 5.56 Å². The van der Waals surface area contributed by atoms with Crippen molar-refractivity contribution in [3.05, 3.63) is 94.3 Å². The number of hydrogen-bond acceptors (Lipinski definition) is 4. The number of pyridine rings is 2. The Morgan fingerprint density at radius 1 is 0.971 bits per heavy atom. The second kappa shape index (κ2) is 8.35. The maximum atomic E-state index is 11.7. The number of H-pyrrole nitrogens is 1. The summed E-state index contributed by atoms with van der Waals surface area (Å²) in [6.45, 7) is 10.8. The Kier molecular flexibility index (Phi) is 5.03. The monoisotopic (exact) mass is 447 g/mol. The Morgan fingerprint density at radius 2 is 1.74 bits per heavy atom. The van der Waals surface area contributed by atoms with Crippen molar-refractivity contribution < 1.29 is 0 Å². The van der Waals surface area contributed by atoms with Crippen LogP contribution in [0.5, 0.6) is 0 Å². The van der Waals surface area contributed by atoms with Gasteiger partial charge in [-0.15, -0.1) is 0 Å². The smallest absolute Gasteiger partial charge is 0.249 e. The highest BCUT2D eigenvalue weighted by molar-refractivity contribution is 5.98. The molecule has 2 aliphatic rings. The van der Waals surface area contributed by atoms with E-state index in [1.807, 2.05) is 30.3 Å². The van der Waals surface area contributed by atoms with E-state index in [-0.39, 0.29) is 5.56 Å². The van der Waals surface area contributed by atoms with Gasteiger partial charge in [0.25, 0.3) is 0 Å². The lowest BCUT2D eigenvalue weighted by molar-refractivity contribution is 0.650. The van der Waals surface area contributed by atoms with Crippen LogP contribution in [-0.4, -0.2) is 36.1 Å². The minimum atomic E-state index is -0.0609. The summed E-state index contributed by atoms with van der Waals surface area (Å²) in [6.07, 6.45) is 6.23. The van der Waals surface area contributed by atoms with Crippen molar-refractivity contribution in [2.75, 3.05) is 36.0 Å². The topological polar surface area (TPSA) is 56.6 Å². The van der Waals surface area contributed by atoms with Gasteiger partial charge in [-0.05, 0) is 36.0 Å². The van der Waals surface area contributed by atoms with Crippen molar-refractivity contribution in [2.24, 2.45) is 0 Å². The summed E-state index contributed by atoms with van der Waals surface area (Å²) in [6, 6.07) is 17.9. The van der Waals surface area contributed by atoms with E-state index in [1.165, 1.54) is 29.5 Å². The number of aromatic nitrogens is 2. The van der Waals surface area contributed by atoms with E-state index in [2.05, 4.69) is 44.0 Å². The van der Waals surface area contributed by atoms with Crippen LogP contribution < -0.4 is 15.4 Å². The molecule has 4 aromatic rings. The molecule has 0 atom stereocenters. The maximum Gasteiger partial charge on any atom is 0.249 e. The molecule has 34 heavy (non-hydrogen) atoms. The Morgan fingerprint density at radius 3 is 2.44 bits per heavy atom. The van der Waals surface area contributed by atoms with Gasteiger partial charge in [-0.3, -0.25) is 9.78 Å². The van der Waals surface area contributed by atoms with Gasteiger partial charge in [-0.25, -0.2) is 4.85 Å². The Balaban J connectivity index is 1.35. The maximum absolute atomic E-state index is 11.7. The van der Waals surface area contributed by atoms with Crippen molar-refractivity contribution in [3.8, 4) is 11.1 Å². The van der Waals surface area contributed by atoms with E-state index in [1.54, 1.807) is 12.3 Å². The molecule has 1 N–H and O–H groups in total. The number of hydrogen-bond donors (Lipinski definition) is 1. The highest BCUT2D eigenvalue weighted by Crippen LogP contribution is 2.48. The number of piperazine rings is 1. The van der Waals surface area contributed by atoms with Crippen molar-refractivity contribution >= 4 is 28.0 Å². The molecule has 0 amide bonds. The summed E-state index contributed by atoms with van der Waals surface area (Å²) in [5.74, 6) is 0.589. The van der Waals surface area contributed by atoms with Crippen molar-refractivity contribution in [1.82, 2.24) is 9.97 Å². The quantitative estimate of drug-likeness (QED) is 0.429. The number of fused-ring (bicyclic) bond motifs is 1. The number of nitrogens with zero attached hydrogens (tertiary/aromatic N) is 4. The normalized spacial score (nSPS) is 16.0. The van der Waals surface area contributed by atoms with Crippen LogP contribution in [0.2, 0.25) is 0 Å². The van der Waals surface area contributed by atoms with Gasteiger partial charge in [-0.1, -0.05) is 42.5 Å². The third-order valence-electron chi connectivity index (χ3n) is 6.96. The number of rotatable bonds is 4. The van der Waals surface area contributed by atoms with Gasteiger partial charge < -0.3 is 14.8 Å². The first-order valence-corrected chi connectivity index (χ1v) is 11.8. The zero-order valence-corrected chi connectivity index (χ0v) is 18.9. The molecule has 2 aromatic heterocycles. The lowest BCUT2D eigenvalue weighted by atomic mass is 9.96. The summed E-state index contributed by atoms with van der Waals surface area (Å²) in [4.78, 5) is 27.6. The second-order valence-corrected chi connectivity index (χ2v) is 9.08.